The lowest BCUT2D eigenvalue weighted by Gasteiger charge is -2.19. The monoisotopic (exact) mass is 288 g/mol. The SMILES string of the molecule is CC(C)(C)CCNc1cc(Br)c(F)cc1N. The summed E-state index contributed by atoms with van der Waals surface area (Å²) in [5.41, 5.74) is 7.21. The van der Waals surface area contributed by atoms with Crippen molar-refractivity contribution in [1.82, 2.24) is 0 Å². The Hall–Kier alpha value is -0.770. The van der Waals surface area contributed by atoms with E-state index in [9.17, 15) is 4.39 Å². The van der Waals surface area contributed by atoms with Crippen LogP contribution in [-0.4, -0.2) is 6.54 Å². The minimum absolute atomic E-state index is 0.277. The van der Waals surface area contributed by atoms with Crippen LogP contribution in [-0.2, 0) is 0 Å². The number of hydrogen-bond acceptors (Lipinski definition) is 2. The highest BCUT2D eigenvalue weighted by molar-refractivity contribution is 9.10. The fraction of sp³-hybridized carbons (Fsp3) is 0.500. The Labute approximate surface area is 105 Å². The number of nitrogens with two attached hydrogens (primary N) is 1. The van der Waals surface area contributed by atoms with E-state index in [-0.39, 0.29) is 11.2 Å². The van der Waals surface area contributed by atoms with Crippen LogP contribution in [0.3, 0.4) is 0 Å². The van der Waals surface area contributed by atoms with E-state index in [1.165, 1.54) is 6.07 Å². The molecule has 0 aliphatic carbocycles. The highest BCUT2D eigenvalue weighted by Gasteiger charge is 2.10. The first-order chi connectivity index (χ1) is 7.29. The van der Waals surface area contributed by atoms with E-state index in [1.807, 2.05) is 0 Å². The number of anilines is 2. The summed E-state index contributed by atoms with van der Waals surface area (Å²) in [6.45, 7) is 7.36. The molecule has 1 rings (SSSR count). The number of rotatable bonds is 3. The van der Waals surface area contributed by atoms with Crippen molar-refractivity contribution in [1.29, 1.82) is 0 Å². The van der Waals surface area contributed by atoms with Crippen LogP contribution < -0.4 is 11.1 Å². The first-order valence-electron chi connectivity index (χ1n) is 5.28. The van der Waals surface area contributed by atoms with Gasteiger partial charge in [0.1, 0.15) is 5.82 Å². The zero-order valence-corrected chi connectivity index (χ0v) is 11.5. The van der Waals surface area contributed by atoms with Crippen LogP contribution in [0.4, 0.5) is 15.8 Å². The third kappa shape index (κ3) is 4.00. The summed E-state index contributed by atoms with van der Waals surface area (Å²) in [5.74, 6) is -0.334. The first-order valence-corrected chi connectivity index (χ1v) is 6.07. The highest BCUT2D eigenvalue weighted by Crippen LogP contribution is 2.27. The largest absolute Gasteiger partial charge is 0.397 e. The highest BCUT2D eigenvalue weighted by atomic mass is 79.9. The minimum atomic E-state index is -0.334. The van der Waals surface area contributed by atoms with Crippen LogP contribution in [0.15, 0.2) is 16.6 Å². The van der Waals surface area contributed by atoms with Crippen molar-refractivity contribution in [3.05, 3.63) is 22.4 Å². The summed E-state index contributed by atoms with van der Waals surface area (Å²) in [6.07, 6.45) is 1.03. The molecular formula is C12H18BrFN2. The molecule has 0 atom stereocenters. The van der Waals surface area contributed by atoms with E-state index in [0.717, 1.165) is 18.7 Å². The maximum atomic E-state index is 13.1. The Bertz CT molecular complexity index is 372. The summed E-state index contributed by atoms with van der Waals surface area (Å²) in [4.78, 5) is 0. The summed E-state index contributed by atoms with van der Waals surface area (Å²) in [5, 5.41) is 3.22. The van der Waals surface area contributed by atoms with Crippen LogP contribution in [0, 0.1) is 11.2 Å². The standard InChI is InChI=1S/C12H18BrFN2/c1-12(2,3)4-5-16-11-6-8(13)9(14)7-10(11)15/h6-7,16H,4-5,15H2,1-3H3. The molecule has 0 spiro atoms. The molecule has 0 saturated heterocycles. The van der Waals surface area contributed by atoms with E-state index in [2.05, 4.69) is 42.0 Å². The number of hydrogen-bond donors (Lipinski definition) is 2. The van der Waals surface area contributed by atoms with Gasteiger partial charge in [0.15, 0.2) is 0 Å². The molecule has 1 aromatic rings. The van der Waals surface area contributed by atoms with Gasteiger partial charge in [-0.2, -0.15) is 0 Å². The molecule has 3 N–H and O–H groups in total. The van der Waals surface area contributed by atoms with Crippen molar-refractivity contribution in [3.63, 3.8) is 0 Å². The van der Waals surface area contributed by atoms with Gasteiger partial charge in [-0.05, 0) is 33.8 Å². The molecule has 0 aliphatic rings. The normalized spacial score (nSPS) is 11.6. The fourth-order valence-corrected chi connectivity index (χ4v) is 1.63. The number of halogens is 2. The smallest absolute Gasteiger partial charge is 0.139 e. The van der Waals surface area contributed by atoms with Gasteiger partial charge in [0.2, 0.25) is 0 Å². The van der Waals surface area contributed by atoms with Gasteiger partial charge in [-0.15, -0.1) is 0 Å². The molecule has 0 bridgehead atoms. The van der Waals surface area contributed by atoms with E-state index < -0.39 is 0 Å². The zero-order chi connectivity index (χ0) is 12.3. The van der Waals surface area contributed by atoms with Gasteiger partial charge in [-0.3, -0.25) is 0 Å². The van der Waals surface area contributed by atoms with Crippen LogP contribution in [0.5, 0.6) is 0 Å². The summed E-state index contributed by atoms with van der Waals surface area (Å²) >= 11 is 3.14. The predicted molar refractivity (Wildman–Crippen MR) is 71.1 cm³/mol. The van der Waals surface area contributed by atoms with Crippen molar-refractivity contribution >= 4 is 27.3 Å². The molecule has 0 saturated carbocycles. The maximum absolute atomic E-state index is 13.1. The summed E-state index contributed by atoms with van der Waals surface area (Å²) in [7, 11) is 0. The van der Waals surface area contributed by atoms with Crippen molar-refractivity contribution in [3.8, 4) is 0 Å². The lowest BCUT2D eigenvalue weighted by molar-refractivity contribution is 0.390. The molecule has 0 amide bonds. The zero-order valence-electron chi connectivity index (χ0n) is 9.90. The van der Waals surface area contributed by atoms with E-state index in [4.69, 9.17) is 5.73 Å². The molecule has 16 heavy (non-hydrogen) atoms. The molecule has 0 radical (unpaired) electrons. The molecule has 90 valence electrons. The van der Waals surface area contributed by atoms with E-state index >= 15 is 0 Å². The fourth-order valence-electron chi connectivity index (χ4n) is 1.29. The Balaban J connectivity index is 2.64. The average molecular weight is 289 g/mol. The lowest BCUT2D eigenvalue weighted by Crippen LogP contribution is -2.13. The second kappa shape index (κ2) is 5.04. The van der Waals surface area contributed by atoms with Crippen molar-refractivity contribution < 1.29 is 4.39 Å². The topological polar surface area (TPSA) is 38.0 Å². The molecule has 0 heterocycles. The van der Waals surface area contributed by atoms with E-state index in [1.54, 1.807) is 6.07 Å². The molecule has 0 aromatic heterocycles. The first kappa shape index (κ1) is 13.3. The second-order valence-corrected chi connectivity index (χ2v) is 5.95. The average Bonchev–Trinajstić information content (AvgIpc) is 2.11. The quantitative estimate of drug-likeness (QED) is 0.825. The third-order valence-corrected chi connectivity index (χ3v) is 2.89. The van der Waals surface area contributed by atoms with Gasteiger partial charge in [0, 0.05) is 12.6 Å². The van der Waals surface area contributed by atoms with Gasteiger partial charge in [-0.1, -0.05) is 20.8 Å². The Morgan fingerprint density at radius 1 is 1.38 bits per heavy atom. The van der Waals surface area contributed by atoms with Crippen LogP contribution in [0.2, 0.25) is 0 Å². The van der Waals surface area contributed by atoms with Crippen LogP contribution in [0.1, 0.15) is 27.2 Å². The van der Waals surface area contributed by atoms with Gasteiger partial charge >= 0.3 is 0 Å². The van der Waals surface area contributed by atoms with Gasteiger partial charge < -0.3 is 11.1 Å². The Kier molecular flexibility index (Phi) is 4.19. The molecule has 0 aliphatic heterocycles. The Morgan fingerprint density at radius 2 is 2.00 bits per heavy atom. The van der Waals surface area contributed by atoms with E-state index in [0.29, 0.717) is 10.2 Å². The molecule has 0 fully saturated rings. The number of nitrogens with one attached hydrogen (secondary N) is 1. The lowest BCUT2D eigenvalue weighted by atomic mass is 9.92. The van der Waals surface area contributed by atoms with Crippen LogP contribution in [0.25, 0.3) is 0 Å². The van der Waals surface area contributed by atoms with Gasteiger partial charge in [0.25, 0.3) is 0 Å². The summed E-state index contributed by atoms with van der Waals surface area (Å²) < 4.78 is 13.5. The molecule has 1 aromatic carbocycles. The maximum Gasteiger partial charge on any atom is 0.139 e. The molecule has 4 heteroatoms. The molecule has 2 nitrogen and oxygen atoms in total. The third-order valence-electron chi connectivity index (χ3n) is 2.28. The number of nitrogen functional groups attached to an aromatic ring is 1. The van der Waals surface area contributed by atoms with Crippen molar-refractivity contribution in [2.24, 2.45) is 5.41 Å². The van der Waals surface area contributed by atoms with Crippen LogP contribution >= 0.6 is 15.9 Å². The second-order valence-electron chi connectivity index (χ2n) is 5.09. The molecule has 0 unspecified atom stereocenters. The Morgan fingerprint density at radius 3 is 2.56 bits per heavy atom. The number of benzene rings is 1. The van der Waals surface area contributed by atoms with Gasteiger partial charge in [0.05, 0.1) is 15.8 Å². The summed E-state index contributed by atoms with van der Waals surface area (Å²) in [6, 6.07) is 3.00. The van der Waals surface area contributed by atoms with Crippen molar-refractivity contribution in [2.45, 2.75) is 27.2 Å². The molecular weight excluding hydrogens is 271 g/mol. The van der Waals surface area contributed by atoms with Gasteiger partial charge in [-0.25, -0.2) is 4.39 Å². The van der Waals surface area contributed by atoms with Crippen molar-refractivity contribution in [2.75, 3.05) is 17.6 Å². The minimum Gasteiger partial charge on any atom is -0.397 e. The predicted octanol–water partition coefficient (Wildman–Crippen LogP) is 4.02.